The molecule has 0 saturated heterocycles. The molecule has 0 amide bonds. The Bertz CT molecular complexity index is 939. The van der Waals surface area contributed by atoms with Gasteiger partial charge in [-0.2, -0.15) is 16.8 Å². The zero-order chi connectivity index (χ0) is 18.7. The monoisotopic (exact) mass is 388 g/mol. The molecule has 0 spiro atoms. The highest BCUT2D eigenvalue weighted by atomic mass is 32.3. The van der Waals surface area contributed by atoms with Crippen LogP contribution in [0, 0.1) is 0 Å². The highest BCUT2D eigenvalue weighted by molar-refractivity contribution is 7.81. The van der Waals surface area contributed by atoms with Gasteiger partial charge < -0.3 is 13.5 Å². The summed E-state index contributed by atoms with van der Waals surface area (Å²) < 4.78 is 69.2. The molecule has 134 valence electrons. The van der Waals surface area contributed by atoms with Crippen molar-refractivity contribution < 1.29 is 39.4 Å². The van der Waals surface area contributed by atoms with Gasteiger partial charge in [0, 0.05) is 6.07 Å². The number of aromatic hydroxyl groups is 1. The van der Waals surface area contributed by atoms with Crippen molar-refractivity contribution in [1.29, 1.82) is 0 Å². The first-order chi connectivity index (χ1) is 11.5. The van der Waals surface area contributed by atoms with E-state index in [1.807, 2.05) is 0 Å². The van der Waals surface area contributed by atoms with Crippen LogP contribution in [0.4, 0.5) is 0 Å². The predicted molar refractivity (Wildman–Crippen MR) is 87.8 cm³/mol. The lowest BCUT2D eigenvalue weighted by Gasteiger charge is -2.07. The molecule has 25 heavy (non-hydrogen) atoms. The average Bonchev–Trinajstić information content (AvgIpc) is 2.42. The smallest absolute Gasteiger partial charge is 0.446 e. The van der Waals surface area contributed by atoms with Crippen LogP contribution in [-0.2, 0) is 20.8 Å². The summed E-state index contributed by atoms with van der Waals surface area (Å²) in [6.07, 6.45) is 3.03. The third-order valence-electron chi connectivity index (χ3n) is 2.67. The third-order valence-corrected chi connectivity index (χ3v) is 3.47. The van der Waals surface area contributed by atoms with Gasteiger partial charge in [0.15, 0.2) is 0 Å². The van der Waals surface area contributed by atoms with Crippen molar-refractivity contribution in [2.75, 3.05) is 0 Å². The summed E-state index contributed by atoms with van der Waals surface area (Å²) >= 11 is 0. The fourth-order valence-corrected chi connectivity index (χ4v) is 2.49. The second-order valence-corrected chi connectivity index (χ2v) is 6.73. The molecule has 2 aromatic rings. The summed E-state index contributed by atoms with van der Waals surface area (Å²) in [4.78, 5) is 0. The zero-order valence-electron chi connectivity index (χ0n) is 12.3. The van der Waals surface area contributed by atoms with E-state index >= 15 is 0 Å². The molecule has 0 unspecified atom stereocenters. The molecule has 0 atom stereocenters. The largest absolute Gasteiger partial charge is 0.508 e. The van der Waals surface area contributed by atoms with Crippen molar-refractivity contribution in [3.05, 3.63) is 53.6 Å². The van der Waals surface area contributed by atoms with Crippen LogP contribution in [0.1, 0.15) is 11.1 Å². The second kappa shape index (κ2) is 7.11. The summed E-state index contributed by atoms with van der Waals surface area (Å²) in [5.74, 6) is -0.799. The Morgan fingerprint density at radius 1 is 0.720 bits per heavy atom. The number of phenols is 1. The maximum Gasteiger partial charge on any atom is 0.446 e. The predicted octanol–water partition coefficient (Wildman–Crippen LogP) is 1.93. The number of rotatable bonds is 6. The van der Waals surface area contributed by atoms with Crippen molar-refractivity contribution in [1.82, 2.24) is 0 Å². The normalized spacial score (nSPS) is 12.2. The number of hydrogen-bond donors (Lipinski definition) is 3. The number of hydrogen-bond acceptors (Lipinski definition) is 7. The van der Waals surface area contributed by atoms with E-state index in [0.29, 0.717) is 5.56 Å². The Morgan fingerprint density at radius 3 is 1.60 bits per heavy atom. The quantitative estimate of drug-likeness (QED) is 0.498. The maximum atomic E-state index is 10.8. The highest BCUT2D eigenvalue weighted by Gasteiger charge is 2.13. The molecule has 9 nitrogen and oxygen atoms in total. The summed E-state index contributed by atoms with van der Waals surface area (Å²) in [7, 11) is -9.69. The minimum absolute atomic E-state index is 0.0736. The lowest BCUT2D eigenvalue weighted by atomic mass is 10.1. The molecule has 0 aliphatic rings. The molecular weight excluding hydrogens is 376 g/mol. The van der Waals surface area contributed by atoms with Gasteiger partial charge in [0.25, 0.3) is 0 Å². The fourth-order valence-electron chi connectivity index (χ4n) is 1.81. The van der Waals surface area contributed by atoms with Crippen LogP contribution in [0.15, 0.2) is 42.5 Å². The van der Waals surface area contributed by atoms with Crippen molar-refractivity contribution >= 4 is 33.0 Å². The average molecular weight is 388 g/mol. The van der Waals surface area contributed by atoms with E-state index in [-0.39, 0.29) is 11.3 Å². The molecule has 2 aromatic carbocycles. The van der Waals surface area contributed by atoms with Gasteiger partial charge in [-0.1, -0.05) is 24.3 Å². The Kier molecular flexibility index (Phi) is 5.33. The first kappa shape index (κ1) is 18.7. The van der Waals surface area contributed by atoms with Crippen LogP contribution in [0.25, 0.3) is 12.2 Å². The van der Waals surface area contributed by atoms with Crippen LogP contribution >= 0.6 is 0 Å². The van der Waals surface area contributed by atoms with Crippen LogP contribution < -0.4 is 8.37 Å². The molecule has 0 fully saturated rings. The molecule has 0 bridgehead atoms. The molecule has 0 aliphatic carbocycles. The Balaban J connectivity index is 2.39. The van der Waals surface area contributed by atoms with E-state index in [9.17, 15) is 21.9 Å². The van der Waals surface area contributed by atoms with Gasteiger partial charge in [-0.3, -0.25) is 9.11 Å². The van der Waals surface area contributed by atoms with Gasteiger partial charge in [-0.05, 0) is 35.4 Å². The van der Waals surface area contributed by atoms with E-state index in [1.54, 1.807) is 18.2 Å². The van der Waals surface area contributed by atoms with E-state index in [0.717, 1.165) is 6.07 Å². The summed E-state index contributed by atoms with van der Waals surface area (Å²) in [5.41, 5.74) is 0.920. The SMILES string of the molecule is O=S(=O)(O)Oc1cc(C=Cc2ccc(O)cc2)cc(OS(=O)(=O)O)c1. The molecule has 0 saturated carbocycles. The van der Waals surface area contributed by atoms with E-state index in [2.05, 4.69) is 8.37 Å². The molecule has 0 aromatic heterocycles. The Morgan fingerprint density at radius 2 is 1.16 bits per heavy atom. The van der Waals surface area contributed by atoms with Gasteiger partial charge in [-0.15, -0.1) is 0 Å². The van der Waals surface area contributed by atoms with Crippen LogP contribution in [0.5, 0.6) is 17.2 Å². The van der Waals surface area contributed by atoms with Crippen molar-refractivity contribution in [2.45, 2.75) is 0 Å². The van der Waals surface area contributed by atoms with Crippen LogP contribution in [0.3, 0.4) is 0 Å². The summed E-state index contributed by atoms with van der Waals surface area (Å²) in [6.45, 7) is 0. The van der Waals surface area contributed by atoms with E-state index in [4.69, 9.17) is 9.11 Å². The van der Waals surface area contributed by atoms with Crippen LogP contribution in [0.2, 0.25) is 0 Å². The molecule has 0 heterocycles. The Hall–Kier alpha value is -2.60. The summed E-state index contributed by atoms with van der Waals surface area (Å²) in [5, 5.41) is 9.21. The number of phenolic OH excluding ortho intramolecular Hbond substituents is 1. The minimum atomic E-state index is -4.85. The van der Waals surface area contributed by atoms with Gasteiger partial charge in [0.05, 0.1) is 0 Å². The maximum absolute atomic E-state index is 10.8. The summed E-state index contributed by atoms with van der Waals surface area (Å²) in [6, 6.07) is 9.30. The first-order valence-corrected chi connectivity index (χ1v) is 9.19. The standard InChI is InChI=1S/C14H12O9S2/c15-12-5-3-10(4-6-12)1-2-11-7-13(22-24(16,17)18)9-14(8-11)23-25(19,20)21/h1-9,15H,(H,16,17,18)(H,19,20,21). The van der Waals surface area contributed by atoms with E-state index < -0.39 is 32.3 Å². The van der Waals surface area contributed by atoms with Gasteiger partial charge in [0.1, 0.15) is 17.2 Å². The van der Waals surface area contributed by atoms with Crippen molar-refractivity contribution in [2.24, 2.45) is 0 Å². The van der Waals surface area contributed by atoms with E-state index in [1.165, 1.54) is 30.3 Å². The third kappa shape index (κ3) is 6.81. The lowest BCUT2D eigenvalue weighted by molar-refractivity contribution is 0.382. The second-order valence-electron chi connectivity index (χ2n) is 4.68. The zero-order valence-corrected chi connectivity index (χ0v) is 13.9. The number of benzene rings is 2. The van der Waals surface area contributed by atoms with Crippen molar-refractivity contribution in [3.63, 3.8) is 0 Å². The highest BCUT2D eigenvalue weighted by Crippen LogP contribution is 2.26. The van der Waals surface area contributed by atoms with Gasteiger partial charge >= 0.3 is 20.8 Å². The molecule has 0 aliphatic heterocycles. The molecular formula is C14H12O9S2. The van der Waals surface area contributed by atoms with Crippen molar-refractivity contribution in [3.8, 4) is 17.2 Å². The molecule has 11 heteroatoms. The first-order valence-electron chi connectivity index (χ1n) is 6.46. The topological polar surface area (TPSA) is 147 Å². The minimum Gasteiger partial charge on any atom is -0.508 e. The fraction of sp³-hybridized carbons (Fsp3) is 0. The molecule has 0 radical (unpaired) electrons. The van der Waals surface area contributed by atoms with Crippen LogP contribution in [-0.4, -0.2) is 31.0 Å². The molecule has 3 N–H and O–H groups in total. The van der Waals surface area contributed by atoms with Gasteiger partial charge in [-0.25, -0.2) is 0 Å². The lowest BCUT2D eigenvalue weighted by Crippen LogP contribution is -2.09. The van der Waals surface area contributed by atoms with Gasteiger partial charge in [0.2, 0.25) is 0 Å². The Labute approximate surface area is 143 Å². The molecule has 2 rings (SSSR count).